The van der Waals surface area contributed by atoms with Crippen molar-refractivity contribution in [1.29, 1.82) is 0 Å². The fourth-order valence-electron chi connectivity index (χ4n) is 4.47. The van der Waals surface area contributed by atoms with Crippen LogP contribution in [0.2, 0.25) is 5.02 Å². The van der Waals surface area contributed by atoms with Crippen molar-refractivity contribution in [3.05, 3.63) is 70.7 Å². The first-order chi connectivity index (χ1) is 14.6. The highest BCUT2D eigenvalue weighted by Gasteiger charge is 2.35. The summed E-state index contributed by atoms with van der Waals surface area (Å²) in [6, 6.07) is 17.9. The molecule has 0 bridgehead atoms. The van der Waals surface area contributed by atoms with Crippen molar-refractivity contribution in [3.8, 4) is 0 Å². The highest BCUT2D eigenvalue weighted by Crippen LogP contribution is 2.42. The Morgan fingerprint density at radius 2 is 1.87 bits per heavy atom. The summed E-state index contributed by atoms with van der Waals surface area (Å²) in [5, 5.41) is 3.64. The van der Waals surface area contributed by atoms with E-state index in [0.717, 1.165) is 42.2 Å². The molecule has 2 aromatic carbocycles. The molecule has 0 saturated heterocycles. The average Bonchev–Trinajstić information content (AvgIpc) is 2.79. The second-order valence-electron chi connectivity index (χ2n) is 8.42. The molecule has 1 amide bonds. The summed E-state index contributed by atoms with van der Waals surface area (Å²) in [5.74, 6) is 0.744. The van der Waals surface area contributed by atoms with Crippen molar-refractivity contribution < 1.29 is 9.53 Å². The molecular formula is C25H33ClN2O2. The molecule has 4 nitrogen and oxygen atoms in total. The molecule has 2 aromatic rings. The molecule has 0 aromatic heterocycles. The molecule has 3 N–H and O–H groups in total. The first-order valence-corrected chi connectivity index (χ1v) is 11.4. The van der Waals surface area contributed by atoms with E-state index >= 15 is 0 Å². The number of carbonyl (C=O) groups is 1. The van der Waals surface area contributed by atoms with Crippen molar-refractivity contribution in [1.82, 2.24) is 5.32 Å². The fraction of sp³-hybridized carbons (Fsp3) is 0.480. The minimum atomic E-state index is -0.342. The number of rotatable bonds is 9. The second-order valence-corrected chi connectivity index (χ2v) is 8.86. The van der Waals surface area contributed by atoms with Gasteiger partial charge in [0.15, 0.2) is 0 Å². The van der Waals surface area contributed by atoms with Crippen LogP contribution in [-0.4, -0.2) is 19.2 Å². The molecule has 5 heteroatoms. The Hall–Kier alpha value is -2.04. The highest BCUT2D eigenvalue weighted by molar-refractivity contribution is 6.30. The summed E-state index contributed by atoms with van der Waals surface area (Å²) in [7, 11) is 0. The summed E-state index contributed by atoms with van der Waals surface area (Å²) < 4.78 is 5.24. The van der Waals surface area contributed by atoms with Crippen molar-refractivity contribution >= 4 is 17.7 Å². The maximum Gasteiger partial charge on any atom is 0.407 e. The van der Waals surface area contributed by atoms with Crippen LogP contribution >= 0.6 is 11.6 Å². The Balaban J connectivity index is 1.31. The molecule has 1 fully saturated rings. The molecule has 162 valence electrons. The molecule has 0 spiro atoms. The SMILES string of the molecule is NCC1(c2cccc(Cl)c2)CCC(CCCCNC(=O)OCc2ccccc2)CC1. The van der Waals surface area contributed by atoms with Crippen LogP contribution < -0.4 is 11.1 Å². The number of ether oxygens (including phenoxy) is 1. The maximum absolute atomic E-state index is 11.8. The summed E-state index contributed by atoms with van der Waals surface area (Å²) in [6.07, 6.45) is 7.62. The summed E-state index contributed by atoms with van der Waals surface area (Å²) >= 11 is 6.20. The number of nitrogens with one attached hydrogen (secondary N) is 1. The van der Waals surface area contributed by atoms with E-state index in [1.54, 1.807) is 0 Å². The van der Waals surface area contributed by atoms with Crippen LogP contribution in [-0.2, 0) is 16.8 Å². The van der Waals surface area contributed by atoms with Gasteiger partial charge in [0.1, 0.15) is 6.61 Å². The van der Waals surface area contributed by atoms with Gasteiger partial charge in [0.05, 0.1) is 0 Å². The van der Waals surface area contributed by atoms with Crippen molar-refractivity contribution in [2.24, 2.45) is 11.7 Å². The van der Waals surface area contributed by atoms with Gasteiger partial charge in [-0.2, -0.15) is 0 Å². The van der Waals surface area contributed by atoms with E-state index < -0.39 is 0 Å². The zero-order chi connectivity index (χ0) is 21.2. The Morgan fingerprint density at radius 3 is 2.57 bits per heavy atom. The molecule has 1 saturated carbocycles. The number of amides is 1. The molecule has 3 rings (SSSR count). The molecule has 0 heterocycles. The lowest BCUT2D eigenvalue weighted by atomic mass is 9.66. The summed E-state index contributed by atoms with van der Waals surface area (Å²) in [6.45, 7) is 1.65. The van der Waals surface area contributed by atoms with Crippen LogP contribution in [0.15, 0.2) is 54.6 Å². The van der Waals surface area contributed by atoms with E-state index in [-0.39, 0.29) is 11.5 Å². The van der Waals surface area contributed by atoms with Gasteiger partial charge in [-0.15, -0.1) is 0 Å². The third kappa shape index (κ3) is 6.48. The third-order valence-corrected chi connectivity index (χ3v) is 6.65. The van der Waals surface area contributed by atoms with Crippen LogP contribution in [0.3, 0.4) is 0 Å². The maximum atomic E-state index is 11.8. The minimum absolute atomic E-state index is 0.0749. The zero-order valence-electron chi connectivity index (χ0n) is 17.6. The van der Waals surface area contributed by atoms with E-state index in [1.807, 2.05) is 42.5 Å². The zero-order valence-corrected chi connectivity index (χ0v) is 18.4. The number of carbonyl (C=O) groups excluding carboxylic acids is 1. The molecule has 1 aliphatic rings. The number of benzene rings is 2. The van der Waals surface area contributed by atoms with Gasteiger partial charge in [-0.25, -0.2) is 4.79 Å². The van der Waals surface area contributed by atoms with Gasteiger partial charge in [0.2, 0.25) is 0 Å². The second kappa shape index (κ2) is 11.4. The first-order valence-electron chi connectivity index (χ1n) is 11.0. The van der Waals surface area contributed by atoms with Crippen molar-refractivity contribution in [2.45, 2.75) is 57.0 Å². The van der Waals surface area contributed by atoms with Gasteiger partial charge in [0.25, 0.3) is 0 Å². The molecule has 0 unspecified atom stereocenters. The van der Waals surface area contributed by atoms with E-state index in [2.05, 4.69) is 17.4 Å². The van der Waals surface area contributed by atoms with Gasteiger partial charge in [-0.3, -0.25) is 0 Å². The number of halogens is 1. The number of nitrogens with two attached hydrogens (primary N) is 1. The molecule has 0 radical (unpaired) electrons. The molecule has 0 aliphatic heterocycles. The van der Waals surface area contributed by atoms with E-state index in [4.69, 9.17) is 22.1 Å². The van der Waals surface area contributed by atoms with Crippen LogP contribution in [0.1, 0.15) is 56.1 Å². The quantitative estimate of drug-likeness (QED) is 0.494. The smallest absolute Gasteiger partial charge is 0.407 e. The van der Waals surface area contributed by atoms with Crippen molar-refractivity contribution in [2.75, 3.05) is 13.1 Å². The van der Waals surface area contributed by atoms with Crippen LogP contribution in [0, 0.1) is 5.92 Å². The van der Waals surface area contributed by atoms with Gasteiger partial charge >= 0.3 is 6.09 Å². The average molecular weight is 429 g/mol. The normalized spacial score (nSPS) is 21.2. The summed E-state index contributed by atoms with van der Waals surface area (Å²) in [5.41, 5.74) is 8.56. The Bertz CT molecular complexity index is 789. The lowest BCUT2D eigenvalue weighted by Crippen LogP contribution is -2.39. The predicted octanol–water partition coefficient (Wildman–Crippen LogP) is 5.82. The Morgan fingerprint density at radius 1 is 1.10 bits per heavy atom. The van der Waals surface area contributed by atoms with Crippen LogP contribution in [0.25, 0.3) is 0 Å². The lowest BCUT2D eigenvalue weighted by molar-refractivity contribution is 0.139. The lowest BCUT2D eigenvalue weighted by Gasteiger charge is -2.40. The number of hydrogen-bond donors (Lipinski definition) is 2. The minimum Gasteiger partial charge on any atom is -0.445 e. The van der Waals surface area contributed by atoms with Gasteiger partial charge in [-0.1, -0.05) is 66.9 Å². The standard InChI is InChI=1S/C25H33ClN2O2/c26-23-11-6-10-22(17-23)25(19-27)14-12-20(13-15-25)7-4-5-16-28-24(29)30-18-21-8-2-1-3-9-21/h1-3,6,8-11,17,20H,4-5,7,12-16,18-19,27H2,(H,28,29). The topological polar surface area (TPSA) is 64.3 Å². The van der Waals surface area contributed by atoms with Gasteiger partial charge in [-0.05, 0) is 61.3 Å². The van der Waals surface area contributed by atoms with E-state index in [0.29, 0.717) is 19.7 Å². The Kier molecular flexibility index (Phi) is 8.59. The van der Waals surface area contributed by atoms with Crippen molar-refractivity contribution in [3.63, 3.8) is 0 Å². The first kappa shape index (κ1) is 22.6. The van der Waals surface area contributed by atoms with E-state index in [9.17, 15) is 4.79 Å². The molecule has 0 atom stereocenters. The number of unbranched alkanes of at least 4 members (excludes halogenated alkanes) is 1. The molecule has 30 heavy (non-hydrogen) atoms. The van der Waals surface area contributed by atoms with Crippen LogP contribution in [0.5, 0.6) is 0 Å². The predicted molar refractivity (Wildman–Crippen MR) is 123 cm³/mol. The third-order valence-electron chi connectivity index (χ3n) is 6.41. The summed E-state index contributed by atoms with van der Waals surface area (Å²) in [4.78, 5) is 11.8. The van der Waals surface area contributed by atoms with Gasteiger partial charge < -0.3 is 15.8 Å². The molecule has 1 aliphatic carbocycles. The van der Waals surface area contributed by atoms with Gasteiger partial charge in [0, 0.05) is 23.5 Å². The van der Waals surface area contributed by atoms with Crippen LogP contribution in [0.4, 0.5) is 4.79 Å². The monoisotopic (exact) mass is 428 g/mol. The largest absolute Gasteiger partial charge is 0.445 e. The Labute approximate surface area is 185 Å². The number of alkyl carbamates (subject to hydrolysis) is 1. The molecular weight excluding hydrogens is 396 g/mol. The highest BCUT2D eigenvalue weighted by atomic mass is 35.5. The fourth-order valence-corrected chi connectivity index (χ4v) is 4.66. The van der Waals surface area contributed by atoms with E-state index in [1.165, 1.54) is 24.8 Å². The number of hydrogen-bond acceptors (Lipinski definition) is 3.